The van der Waals surface area contributed by atoms with Gasteiger partial charge in [-0.15, -0.1) is 0 Å². The first kappa shape index (κ1) is 22.7. The van der Waals surface area contributed by atoms with E-state index in [2.05, 4.69) is 44.9 Å². The number of nitrogens with one attached hydrogen (secondary N) is 2. The molecule has 178 valence electrons. The molecule has 6 nitrogen and oxygen atoms in total. The Bertz CT molecular complexity index is 1120. The average molecular weight is 462 g/mol. The van der Waals surface area contributed by atoms with Gasteiger partial charge in [0.25, 0.3) is 5.91 Å². The smallest absolute Gasteiger partial charge is 0.254 e. The second-order valence-corrected chi connectivity index (χ2v) is 9.26. The molecule has 0 atom stereocenters. The van der Waals surface area contributed by atoms with Crippen LogP contribution in [0.5, 0.6) is 0 Å². The van der Waals surface area contributed by atoms with E-state index in [-0.39, 0.29) is 17.6 Å². The molecule has 1 fully saturated rings. The average Bonchev–Trinajstić information content (AvgIpc) is 3.33. The molecule has 0 saturated carbocycles. The van der Waals surface area contributed by atoms with E-state index in [1.54, 1.807) is 18.3 Å². The Morgan fingerprint density at radius 1 is 1.09 bits per heavy atom. The number of aromatic nitrogens is 2. The fourth-order valence-electron chi connectivity index (χ4n) is 5.15. The monoisotopic (exact) mass is 461 g/mol. The number of rotatable bonds is 7. The number of fused-ring (bicyclic) bond motifs is 1. The number of carbonyl (C=O) groups is 1. The summed E-state index contributed by atoms with van der Waals surface area (Å²) in [6.07, 6.45) is 5.55. The minimum Gasteiger partial charge on any atom is -0.352 e. The van der Waals surface area contributed by atoms with E-state index in [9.17, 15) is 9.18 Å². The van der Waals surface area contributed by atoms with E-state index in [1.165, 1.54) is 23.3 Å². The lowest BCUT2D eigenvalue weighted by molar-refractivity contribution is 0.0949. The highest BCUT2D eigenvalue weighted by Crippen LogP contribution is 2.30. The van der Waals surface area contributed by atoms with Gasteiger partial charge in [0, 0.05) is 32.1 Å². The molecule has 2 aliphatic rings. The van der Waals surface area contributed by atoms with E-state index < -0.39 is 0 Å². The van der Waals surface area contributed by atoms with Gasteiger partial charge in [-0.05, 0) is 74.2 Å². The van der Waals surface area contributed by atoms with Crippen LogP contribution in [0.15, 0.2) is 54.7 Å². The van der Waals surface area contributed by atoms with Crippen LogP contribution in [0.1, 0.15) is 52.4 Å². The number of hydrogen-bond acceptors (Lipinski definition) is 4. The highest BCUT2D eigenvalue weighted by atomic mass is 19.1. The minimum atomic E-state index is -0.283. The first-order valence-electron chi connectivity index (χ1n) is 12.3. The molecule has 3 heterocycles. The Balaban J connectivity index is 1.23. The second kappa shape index (κ2) is 10.5. The molecule has 0 radical (unpaired) electrons. The standard InChI is InChI=1S/C27H32FN5O/c28-23-6-8-24(9-7-23)33-26(21-10-14-29-15-11-21)25(18-31-33)27(34)30-13-3-16-32-17-12-20-4-1-2-5-22(20)19-32/h1-2,4-9,18,21,29H,3,10-17,19H2,(H,30,34). The van der Waals surface area contributed by atoms with Gasteiger partial charge in [-0.3, -0.25) is 9.69 Å². The SMILES string of the molecule is O=C(NCCCN1CCc2ccccc2C1)c1cnn(-c2ccc(F)cc2)c1C1CCNCC1. The van der Waals surface area contributed by atoms with Crippen molar-refractivity contribution in [3.8, 4) is 5.69 Å². The minimum absolute atomic E-state index is 0.0779. The van der Waals surface area contributed by atoms with E-state index in [1.807, 2.05) is 4.68 Å². The van der Waals surface area contributed by atoms with Gasteiger partial charge in [-0.2, -0.15) is 5.10 Å². The van der Waals surface area contributed by atoms with Gasteiger partial charge in [0.05, 0.1) is 23.1 Å². The fraction of sp³-hybridized carbons (Fsp3) is 0.407. The van der Waals surface area contributed by atoms with Crippen LogP contribution in [0, 0.1) is 5.82 Å². The topological polar surface area (TPSA) is 62.2 Å². The van der Waals surface area contributed by atoms with Crippen molar-refractivity contribution < 1.29 is 9.18 Å². The van der Waals surface area contributed by atoms with Crippen LogP contribution in [-0.4, -0.2) is 53.3 Å². The van der Waals surface area contributed by atoms with Crippen molar-refractivity contribution >= 4 is 5.91 Å². The van der Waals surface area contributed by atoms with Crippen LogP contribution in [0.4, 0.5) is 4.39 Å². The summed E-state index contributed by atoms with van der Waals surface area (Å²) in [7, 11) is 0. The molecular weight excluding hydrogens is 429 g/mol. The highest BCUT2D eigenvalue weighted by Gasteiger charge is 2.27. The summed E-state index contributed by atoms with van der Waals surface area (Å²) in [6.45, 7) is 5.47. The lowest BCUT2D eigenvalue weighted by atomic mass is 9.91. The Kier molecular flexibility index (Phi) is 7.02. The molecule has 0 bridgehead atoms. The van der Waals surface area contributed by atoms with Gasteiger partial charge in [0.15, 0.2) is 0 Å². The molecule has 1 amide bonds. The fourth-order valence-corrected chi connectivity index (χ4v) is 5.15. The molecule has 34 heavy (non-hydrogen) atoms. The molecule has 7 heteroatoms. The Hall–Kier alpha value is -3.03. The van der Waals surface area contributed by atoms with Crippen LogP contribution in [0.3, 0.4) is 0 Å². The molecule has 1 aromatic heterocycles. The molecule has 3 aromatic rings. The van der Waals surface area contributed by atoms with Gasteiger partial charge in [0.2, 0.25) is 0 Å². The van der Waals surface area contributed by atoms with Crippen LogP contribution < -0.4 is 10.6 Å². The van der Waals surface area contributed by atoms with Gasteiger partial charge in [-0.25, -0.2) is 9.07 Å². The largest absolute Gasteiger partial charge is 0.352 e. The third kappa shape index (κ3) is 5.05. The Morgan fingerprint density at radius 2 is 1.85 bits per heavy atom. The summed E-state index contributed by atoms with van der Waals surface area (Å²) < 4.78 is 15.3. The number of amides is 1. The third-order valence-electron chi connectivity index (χ3n) is 6.99. The highest BCUT2D eigenvalue weighted by molar-refractivity contribution is 5.95. The van der Waals surface area contributed by atoms with E-state index in [4.69, 9.17) is 0 Å². The molecule has 2 aromatic carbocycles. The van der Waals surface area contributed by atoms with E-state index >= 15 is 0 Å². The summed E-state index contributed by atoms with van der Waals surface area (Å²) in [4.78, 5) is 15.6. The van der Waals surface area contributed by atoms with Crippen molar-refractivity contribution in [1.82, 2.24) is 25.3 Å². The molecule has 0 spiro atoms. The van der Waals surface area contributed by atoms with Gasteiger partial charge >= 0.3 is 0 Å². The Morgan fingerprint density at radius 3 is 2.65 bits per heavy atom. The zero-order valence-electron chi connectivity index (χ0n) is 19.5. The third-order valence-corrected chi connectivity index (χ3v) is 6.99. The maximum atomic E-state index is 13.5. The predicted molar refractivity (Wildman–Crippen MR) is 131 cm³/mol. The van der Waals surface area contributed by atoms with Gasteiger partial charge in [0.1, 0.15) is 5.82 Å². The molecule has 2 N–H and O–H groups in total. The number of carbonyl (C=O) groups excluding carboxylic acids is 1. The summed E-state index contributed by atoms with van der Waals surface area (Å²) in [5.41, 5.74) is 5.20. The van der Waals surface area contributed by atoms with Crippen LogP contribution >= 0.6 is 0 Å². The maximum Gasteiger partial charge on any atom is 0.254 e. The second-order valence-electron chi connectivity index (χ2n) is 9.26. The lowest BCUT2D eigenvalue weighted by Gasteiger charge is -2.28. The van der Waals surface area contributed by atoms with Crippen molar-refractivity contribution in [2.45, 2.75) is 38.1 Å². The molecule has 5 rings (SSSR count). The molecule has 1 saturated heterocycles. The quantitative estimate of drug-likeness (QED) is 0.527. The van der Waals surface area contributed by atoms with Crippen molar-refractivity contribution in [3.05, 3.63) is 82.9 Å². The number of halogens is 1. The summed E-state index contributed by atoms with van der Waals surface area (Å²) >= 11 is 0. The van der Waals surface area contributed by atoms with Crippen LogP contribution in [0.25, 0.3) is 5.69 Å². The number of nitrogens with zero attached hydrogens (tertiary/aromatic N) is 3. The summed E-state index contributed by atoms with van der Waals surface area (Å²) in [5, 5.41) is 11.0. The zero-order valence-corrected chi connectivity index (χ0v) is 19.5. The van der Waals surface area contributed by atoms with Crippen molar-refractivity contribution in [3.63, 3.8) is 0 Å². The van der Waals surface area contributed by atoms with E-state index in [0.29, 0.717) is 12.1 Å². The number of benzene rings is 2. The molecule has 2 aliphatic heterocycles. The lowest BCUT2D eigenvalue weighted by Crippen LogP contribution is -2.34. The normalized spacial score (nSPS) is 16.9. The van der Waals surface area contributed by atoms with Crippen molar-refractivity contribution in [2.75, 3.05) is 32.7 Å². The Labute approximate surface area is 200 Å². The predicted octanol–water partition coefficient (Wildman–Crippen LogP) is 3.66. The summed E-state index contributed by atoms with van der Waals surface area (Å²) in [5.74, 6) is -0.122. The van der Waals surface area contributed by atoms with Crippen LogP contribution in [0.2, 0.25) is 0 Å². The molecular formula is C27H32FN5O. The van der Waals surface area contributed by atoms with Crippen LogP contribution in [-0.2, 0) is 13.0 Å². The molecule has 0 aliphatic carbocycles. The maximum absolute atomic E-state index is 13.5. The van der Waals surface area contributed by atoms with Gasteiger partial charge in [-0.1, -0.05) is 24.3 Å². The van der Waals surface area contributed by atoms with E-state index in [0.717, 1.165) is 69.8 Å². The molecule has 0 unspecified atom stereocenters. The first-order valence-corrected chi connectivity index (χ1v) is 12.3. The zero-order chi connectivity index (χ0) is 23.3. The summed E-state index contributed by atoms with van der Waals surface area (Å²) in [6, 6.07) is 14.9. The van der Waals surface area contributed by atoms with Crippen molar-refractivity contribution in [1.29, 1.82) is 0 Å². The number of hydrogen-bond donors (Lipinski definition) is 2. The van der Waals surface area contributed by atoms with Gasteiger partial charge < -0.3 is 10.6 Å². The van der Waals surface area contributed by atoms with Crippen molar-refractivity contribution in [2.24, 2.45) is 0 Å². The first-order chi connectivity index (χ1) is 16.7. The number of piperidine rings is 1.